The van der Waals surface area contributed by atoms with E-state index in [4.69, 9.17) is 5.73 Å². The topological polar surface area (TPSA) is 51.8 Å². The Balaban J connectivity index is 2.08. The Hall–Kier alpha value is -2.21. The van der Waals surface area contributed by atoms with Gasteiger partial charge in [0.05, 0.1) is 21.6 Å². The fraction of sp³-hybridized carbons (Fsp3) is 0.0667. The molecule has 21 heavy (non-hydrogen) atoms. The third-order valence-corrected chi connectivity index (χ3v) is 4.09. The van der Waals surface area contributed by atoms with E-state index in [-0.39, 0.29) is 10.6 Å². The first-order valence-electron chi connectivity index (χ1n) is 6.20. The molecule has 0 spiro atoms. The molecule has 1 heterocycles. The van der Waals surface area contributed by atoms with Gasteiger partial charge in [0.2, 0.25) is 0 Å². The van der Waals surface area contributed by atoms with Gasteiger partial charge in [-0.1, -0.05) is 23.9 Å². The zero-order chi connectivity index (χ0) is 15.0. The number of rotatable bonds is 2. The molecule has 0 saturated heterocycles. The molecule has 3 rings (SSSR count). The number of nitrogen functional groups attached to an aromatic ring is 1. The second-order valence-electron chi connectivity index (χ2n) is 4.52. The third-order valence-electron chi connectivity index (χ3n) is 2.92. The van der Waals surface area contributed by atoms with Crippen LogP contribution in [-0.4, -0.2) is 9.97 Å². The lowest BCUT2D eigenvalue weighted by atomic mass is 10.3. The number of nitrogens with two attached hydrogens (primary N) is 1. The van der Waals surface area contributed by atoms with Crippen molar-refractivity contribution in [2.75, 3.05) is 5.73 Å². The summed E-state index contributed by atoms with van der Waals surface area (Å²) in [5.74, 6) is -1.40. The molecular weight excluding hydrogens is 292 g/mol. The van der Waals surface area contributed by atoms with E-state index >= 15 is 0 Å². The van der Waals surface area contributed by atoms with Crippen molar-refractivity contribution in [1.82, 2.24) is 9.97 Å². The molecule has 0 aliphatic heterocycles. The number of fused-ring (bicyclic) bond motifs is 1. The summed E-state index contributed by atoms with van der Waals surface area (Å²) in [6.45, 7) is 1.76. The van der Waals surface area contributed by atoms with Gasteiger partial charge in [-0.3, -0.25) is 0 Å². The standard InChI is InChI=1S/C15H11F2N3S/c1-8-15(20-13-5-3-2-4-12(13)19-8)21-14-10(16)6-9(18)7-11(14)17/h2-7H,18H2,1H3. The molecule has 6 heteroatoms. The van der Waals surface area contributed by atoms with Gasteiger partial charge in [0.15, 0.2) is 0 Å². The molecule has 0 saturated carbocycles. The van der Waals surface area contributed by atoms with Crippen LogP contribution >= 0.6 is 11.8 Å². The maximum atomic E-state index is 13.9. The van der Waals surface area contributed by atoms with Crippen LogP contribution in [0.25, 0.3) is 11.0 Å². The molecular formula is C15H11F2N3S. The Morgan fingerprint density at radius 2 is 1.57 bits per heavy atom. The van der Waals surface area contributed by atoms with Crippen LogP contribution in [0.3, 0.4) is 0 Å². The molecule has 0 fully saturated rings. The third kappa shape index (κ3) is 2.67. The van der Waals surface area contributed by atoms with Crippen molar-refractivity contribution in [3.05, 3.63) is 53.7 Å². The summed E-state index contributed by atoms with van der Waals surface area (Å²) in [4.78, 5) is 8.68. The summed E-state index contributed by atoms with van der Waals surface area (Å²) in [5, 5.41) is 0.469. The average Bonchev–Trinajstić information content (AvgIpc) is 2.43. The van der Waals surface area contributed by atoms with Gasteiger partial charge in [0, 0.05) is 5.69 Å². The maximum Gasteiger partial charge on any atom is 0.142 e. The number of nitrogens with zero attached hydrogens (tertiary/aromatic N) is 2. The van der Waals surface area contributed by atoms with E-state index < -0.39 is 11.6 Å². The smallest absolute Gasteiger partial charge is 0.142 e. The lowest BCUT2D eigenvalue weighted by Gasteiger charge is -2.08. The van der Waals surface area contributed by atoms with Crippen molar-refractivity contribution >= 4 is 28.5 Å². The highest BCUT2D eigenvalue weighted by Gasteiger charge is 2.15. The summed E-state index contributed by atoms with van der Waals surface area (Å²) in [6, 6.07) is 9.54. The predicted octanol–water partition coefficient (Wildman–Crippen LogP) is 3.95. The van der Waals surface area contributed by atoms with Crippen LogP contribution in [-0.2, 0) is 0 Å². The molecule has 0 radical (unpaired) electrons. The van der Waals surface area contributed by atoms with Crippen LogP contribution in [0.1, 0.15) is 5.69 Å². The summed E-state index contributed by atoms with van der Waals surface area (Å²) >= 11 is 0.912. The highest BCUT2D eigenvalue weighted by molar-refractivity contribution is 7.99. The van der Waals surface area contributed by atoms with Crippen molar-refractivity contribution in [1.29, 1.82) is 0 Å². The van der Waals surface area contributed by atoms with E-state index in [2.05, 4.69) is 9.97 Å². The molecule has 0 aliphatic carbocycles. The minimum atomic E-state index is -0.702. The Morgan fingerprint density at radius 1 is 1.00 bits per heavy atom. The highest BCUT2D eigenvalue weighted by Crippen LogP contribution is 2.34. The van der Waals surface area contributed by atoms with Crippen LogP contribution in [0.5, 0.6) is 0 Å². The van der Waals surface area contributed by atoms with Gasteiger partial charge in [-0.25, -0.2) is 18.7 Å². The van der Waals surface area contributed by atoms with Gasteiger partial charge >= 0.3 is 0 Å². The van der Waals surface area contributed by atoms with Gasteiger partial charge in [0.25, 0.3) is 0 Å². The molecule has 3 nitrogen and oxygen atoms in total. The number of anilines is 1. The van der Waals surface area contributed by atoms with Crippen molar-refractivity contribution in [3.8, 4) is 0 Å². The van der Waals surface area contributed by atoms with Crippen molar-refractivity contribution in [2.45, 2.75) is 16.8 Å². The van der Waals surface area contributed by atoms with Crippen molar-refractivity contribution < 1.29 is 8.78 Å². The maximum absolute atomic E-state index is 13.9. The van der Waals surface area contributed by atoms with Gasteiger partial charge in [0.1, 0.15) is 16.7 Å². The molecule has 0 unspecified atom stereocenters. The number of halogens is 2. The Bertz CT molecular complexity index is 813. The lowest BCUT2D eigenvalue weighted by molar-refractivity contribution is 0.541. The van der Waals surface area contributed by atoms with Crippen LogP contribution in [0, 0.1) is 18.6 Å². The second kappa shape index (κ2) is 5.29. The van der Waals surface area contributed by atoms with Crippen LogP contribution in [0.2, 0.25) is 0 Å². The minimum Gasteiger partial charge on any atom is -0.399 e. The fourth-order valence-corrected chi connectivity index (χ4v) is 2.79. The molecule has 1 aromatic heterocycles. The highest BCUT2D eigenvalue weighted by atomic mass is 32.2. The largest absolute Gasteiger partial charge is 0.399 e. The van der Waals surface area contributed by atoms with Crippen LogP contribution in [0.15, 0.2) is 46.3 Å². The molecule has 2 aromatic carbocycles. The second-order valence-corrected chi connectivity index (χ2v) is 5.52. The number of hydrogen-bond acceptors (Lipinski definition) is 4. The molecule has 3 aromatic rings. The zero-order valence-electron chi connectivity index (χ0n) is 11.1. The number of benzene rings is 2. The summed E-state index contributed by atoms with van der Waals surface area (Å²) in [7, 11) is 0. The average molecular weight is 303 g/mol. The van der Waals surface area contributed by atoms with Crippen molar-refractivity contribution in [3.63, 3.8) is 0 Å². The quantitative estimate of drug-likeness (QED) is 0.728. The van der Waals surface area contributed by atoms with Gasteiger partial charge in [-0.05, 0) is 31.2 Å². The normalized spacial score (nSPS) is 11.0. The first kappa shape index (κ1) is 13.8. The first-order valence-corrected chi connectivity index (χ1v) is 7.02. The summed E-state index contributed by atoms with van der Waals surface area (Å²) in [6.07, 6.45) is 0. The van der Waals surface area contributed by atoms with Crippen LogP contribution < -0.4 is 5.73 Å². The lowest BCUT2D eigenvalue weighted by Crippen LogP contribution is -1.96. The molecule has 0 amide bonds. The zero-order valence-corrected chi connectivity index (χ0v) is 11.9. The van der Waals surface area contributed by atoms with E-state index in [9.17, 15) is 8.78 Å². The van der Waals surface area contributed by atoms with E-state index in [1.807, 2.05) is 24.3 Å². The van der Waals surface area contributed by atoms with Gasteiger partial charge in [-0.15, -0.1) is 0 Å². The molecule has 0 atom stereocenters. The van der Waals surface area contributed by atoms with E-state index in [1.165, 1.54) is 0 Å². The number of aromatic nitrogens is 2. The Labute approximate surface area is 124 Å². The first-order chi connectivity index (χ1) is 10.0. The van der Waals surface area contributed by atoms with E-state index in [1.54, 1.807) is 6.92 Å². The van der Waals surface area contributed by atoms with Gasteiger partial charge in [-0.2, -0.15) is 0 Å². The Morgan fingerprint density at radius 3 is 2.19 bits per heavy atom. The number of aryl methyl sites for hydroxylation is 1. The molecule has 0 bridgehead atoms. The minimum absolute atomic E-state index is 0.0515. The summed E-state index contributed by atoms with van der Waals surface area (Å²) in [5.41, 5.74) is 7.51. The van der Waals surface area contributed by atoms with E-state index in [0.717, 1.165) is 29.4 Å². The molecule has 0 aliphatic rings. The number of hydrogen-bond donors (Lipinski definition) is 1. The summed E-state index contributed by atoms with van der Waals surface area (Å²) < 4.78 is 27.7. The number of para-hydroxylation sites is 2. The van der Waals surface area contributed by atoms with Crippen LogP contribution in [0.4, 0.5) is 14.5 Å². The monoisotopic (exact) mass is 303 g/mol. The van der Waals surface area contributed by atoms with Gasteiger partial charge < -0.3 is 5.73 Å². The molecule has 2 N–H and O–H groups in total. The SMILES string of the molecule is Cc1nc2ccccc2nc1Sc1c(F)cc(N)cc1F. The predicted molar refractivity (Wildman–Crippen MR) is 79.2 cm³/mol. The fourth-order valence-electron chi connectivity index (χ4n) is 1.94. The van der Waals surface area contributed by atoms with Crippen molar-refractivity contribution in [2.24, 2.45) is 0 Å². The van der Waals surface area contributed by atoms with E-state index in [0.29, 0.717) is 16.2 Å². The molecule has 106 valence electrons. The Kier molecular flexibility index (Phi) is 3.47.